The molecule has 0 saturated carbocycles. The Labute approximate surface area is 220 Å². The van der Waals surface area contributed by atoms with Crippen LogP contribution in [-0.4, -0.2) is 31.0 Å². The highest BCUT2D eigenvalue weighted by atomic mass is 19.4. The van der Waals surface area contributed by atoms with Crippen LogP contribution in [0.4, 0.5) is 18.9 Å². The molecule has 1 unspecified atom stereocenters. The third-order valence-electron chi connectivity index (χ3n) is 5.51. The molecule has 4 N–H and O–H groups in total. The number of rotatable bonds is 12. The number of halogens is 3. The molecule has 0 radical (unpaired) electrons. The van der Waals surface area contributed by atoms with Crippen LogP contribution in [0.1, 0.15) is 69.7 Å². The molecular formula is C27H34F3N3O5. The molecule has 2 aromatic rings. The Balaban J connectivity index is 1.96. The highest BCUT2D eigenvalue weighted by Gasteiger charge is 2.35. The molecule has 0 bridgehead atoms. The zero-order valence-corrected chi connectivity index (χ0v) is 21.9. The van der Waals surface area contributed by atoms with E-state index < -0.39 is 47.5 Å². The Bertz CT molecular complexity index is 1110. The lowest BCUT2D eigenvalue weighted by Gasteiger charge is -2.19. The third-order valence-corrected chi connectivity index (χ3v) is 5.51. The molecule has 2 aromatic carbocycles. The molecule has 0 aliphatic rings. The first-order valence-electron chi connectivity index (χ1n) is 12.2. The van der Waals surface area contributed by atoms with Crippen molar-refractivity contribution in [3.63, 3.8) is 0 Å². The van der Waals surface area contributed by atoms with Gasteiger partial charge in [0.15, 0.2) is 0 Å². The number of hydrogen-bond acceptors (Lipinski definition) is 6. The number of amides is 2. The smallest absolute Gasteiger partial charge is 0.419 e. The van der Waals surface area contributed by atoms with Gasteiger partial charge in [0.25, 0.3) is 0 Å². The summed E-state index contributed by atoms with van der Waals surface area (Å²) in [4.78, 5) is 36.0. The van der Waals surface area contributed by atoms with Crippen LogP contribution >= 0.6 is 0 Å². The van der Waals surface area contributed by atoms with Crippen molar-refractivity contribution in [3.8, 4) is 5.75 Å². The minimum absolute atomic E-state index is 0.0289. The van der Waals surface area contributed by atoms with Gasteiger partial charge in [-0.2, -0.15) is 13.2 Å². The van der Waals surface area contributed by atoms with E-state index >= 15 is 0 Å². The number of nitrogens with one attached hydrogen (secondary N) is 2. The van der Waals surface area contributed by atoms with Gasteiger partial charge in [-0.15, -0.1) is 0 Å². The van der Waals surface area contributed by atoms with Gasteiger partial charge < -0.3 is 25.8 Å². The van der Waals surface area contributed by atoms with E-state index in [0.717, 1.165) is 11.6 Å². The maximum atomic E-state index is 13.7. The van der Waals surface area contributed by atoms with Crippen molar-refractivity contribution in [1.82, 2.24) is 5.32 Å². The van der Waals surface area contributed by atoms with Crippen molar-refractivity contribution in [2.24, 2.45) is 5.73 Å². The van der Waals surface area contributed by atoms with E-state index in [1.165, 1.54) is 19.1 Å². The topological polar surface area (TPSA) is 120 Å². The lowest BCUT2D eigenvalue weighted by molar-refractivity contribution is -0.143. The summed E-state index contributed by atoms with van der Waals surface area (Å²) in [6, 6.07) is 9.54. The SMILES string of the molecule is CCOC(=O)CCCOc1ccc(C(C)NC(=O)CC(=O)Nc2ccc(C(C)(C)N)cc2)cc1C(F)(F)F. The quantitative estimate of drug-likeness (QED) is 0.203. The van der Waals surface area contributed by atoms with E-state index in [4.69, 9.17) is 15.2 Å². The van der Waals surface area contributed by atoms with Crippen molar-refractivity contribution in [2.75, 3.05) is 18.5 Å². The van der Waals surface area contributed by atoms with Crippen molar-refractivity contribution in [3.05, 3.63) is 59.2 Å². The number of alkyl halides is 3. The van der Waals surface area contributed by atoms with E-state index in [9.17, 15) is 27.6 Å². The summed E-state index contributed by atoms with van der Waals surface area (Å²) in [6.45, 7) is 6.99. The molecule has 0 aliphatic heterocycles. The summed E-state index contributed by atoms with van der Waals surface area (Å²) < 4.78 is 51.0. The molecule has 0 aromatic heterocycles. The molecule has 0 fully saturated rings. The number of anilines is 1. The fourth-order valence-corrected chi connectivity index (χ4v) is 3.51. The van der Waals surface area contributed by atoms with Crippen LogP contribution in [-0.2, 0) is 30.8 Å². The van der Waals surface area contributed by atoms with Crippen LogP contribution in [0.5, 0.6) is 5.75 Å². The maximum Gasteiger partial charge on any atom is 0.419 e. The lowest BCUT2D eigenvalue weighted by atomic mass is 9.96. The Morgan fingerprint density at radius 3 is 2.26 bits per heavy atom. The molecule has 2 rings (SSSR count). The standard InChI is InChI=1S/C27H34F3N3O5/c1-5-37-25(36)7-6-14-38-22-13-8-18(15-21(22)27(28,29)30)17(2)32-23(34)16-24(35)33-20-11-9-19(10-12-20)26(3,4)31/h8-13,15,17H,5-7,14,16,31H2,1-4H3,(H,32,34)(H,33,35). The molecule has 208 valence electrons. The average Bonchev–Trinajstić information content (AvgIpc) is 2.81. The molecule has 2 amide bonds. The average molecular weight is 538 g/mol. The van der Waals surface area contributed by atoms with Crippen LogP contribution < -0.4 is 21.1 Å². The highest BCUT2D eigenvalue weighted by Crippen LogP contribution is 2.38. The van der Waals surface area contributed by atoms with E-state index in [-0.39, 0.29) is 37.4 Å². The predicted molar refractivity (Wildman–Crippen MR) is 136 cm³/mol. The van der Waals surface area contributed by atoms with E-state index in [2.05, 4.69) is 10.6 Å². The van der Waals surface area contributed by atoms with Gasteiger partial charge in [0.1, 0.15) is 12.2 Å². The molecule has 8 nitrogen and oxygen atoms in total. The zero-order chi connectivity index (χ0) is 28.5. The van der Waals surface area contributed by atoms with Gasteiger partial charge in [-0.1, -0.05) is 18.2 Å². The Morgan fingerprint density at radius 1 is 1.03 bits per heavy atom. The zero-order valence-electron chi connectivity index (χ0n) is 21.9. The van der Waals surface area contributed by atoms with Crippen LogP contribution in [0.25, 0.3) is 0 Å². The van der Waals surface area contributed by atoms with Gasteiger partial charge in [0.05, 0.1) is 24.8 Å². The molecule has 11 heteroatoms. The van der Waals surface area contributed by atoms with Gasteiger partial charge in [0.2, 0.25) is 11.8 Å². The normalized spacial score (nSPS) is 12.4. The Morgan fingerprint density at radius 2 is 1.68 bits per heavy atom. The Kier molecular flexibility index (Phi) is 10.7. The van der Waals surface area contributed by atoms with Crippen molar-refractivity contribution < 1.29 is 37.0 Å². The first-order valence-corrected chi connectivity index (χ1v) is 12.2. The lowest BCUT2D eigenvalue weighted by Crippen LogP contribution is -2.30. The fourth-order valence-electron chi connectivity index (χ4n) is 3.51. The van der Waals surface area contributed by atoms with Crippen molar-refractivity contribution >= 4 is 23.5 Å². The molecule has 0 aliphatic carbocycles. The molecular weight excluding hydrogens is 503 g/mol. The van der Waals surface area contributed by atoms with Crippen molar-refractivity contribution in [2.45, 2.75) is 64.7 Å². The van der Waals surface area contributed by atoms with Gasteiger partial charge in [-0.3, -0.25) is 14.4 Å². The van der Waals surface area contributed by atoms with Gasteiger partial charge in [0, 0.05) is 17.6 Å². The summed E-state index contributed by atoms with van der Waals surface area (Å²) in [5.74, 6) is -2.05. The number of benzene rings is 2. The first kappa shape index (κ1) is 30.6. The number of esters is 1. The van der Waals surface area contributed by atoms with Gasteiger partial charge in [-0.05, 0) is 69.5 Å². The summed E-state index contributed by atoms with van der Waals surface area (Å²) >= 11 is 0. The van der Waals surface area contributed by atoms with Crippen LogP contribution in [0, 0.1) is 0 Å². The number of carbonyl (C=O) groups is 3. The summed E-state index contributed by atoms with van der Waals surface area (Å²) in [5.41, 5.74) is 6.02. The second-order valence-corrected chi connectivity index (χ2v) is 9.32. The molecule has 0 spiro atoms. The maximum absolute atomic E-state index is 13.7. The third kappa shape index (κ3) is 9.70. The minimum atomic E-state index is -4.70. The molecule has 38 heavy (non-hydrogen) atoms. The first-order chi connectivity index (χ1) is 17.7. The summed E-state index contributed by atoms with van der Waals surface area (Å²) in [7, 11) is 0. The predicted octanol–water partition coefficient (Wildman–Crippen LogP) is 4.83. The van der Waals surface area contributed by atoms with E-state index in [0.29, 0.717) is 5.69 Å². The molecule has 0 heterocycles. The fraction of sp³-hybridized carbons (Fsp3) is 0.444. The molecule has 1 atom stereocenters. The van der Waals surface area contributed by atoms with Crippen molar-refractivity contribution in [1.29, 1.82) is 0 Å². The second-order valence-electron chi connectivity index (χ2n) is 9.32. The highest BCUT2D eigenvalue weighted by molar-refractivity contribution is 6.03. The van der Waals surface area contributed by atoms with Crippen LogP contribution in [0.3, 0.4) is 0 Å². The Hall–Kier alpha value is -3.60. The van der Waals surface area contributed by atoms with E-state index in [1.807, 2.05) is 13.8 Å². The number of ether oxygens (including phenoxy) is 2. The van der Waals surface area contributed by atoms with E-state index in [1.54, 1.807) is 31.2 Å². The van der Waals surface area contributed by atoms with Gasteiger partial charge >= 0.3 is 12.1 Å². The number of carbonyl (C=O) groups excluding carboxylic acids is 3. The van der Waals surface area contributed by atoms with Crippen LogP contribution in [0.2, 0.25) is 0 Å². The van der Waals surface area contributed by atoms with Gasteiger partial charge in [-0.25, -0.2) is 0 Å². The largest absolute Gasteiger partial charge is 0.493 e. The minimum Gasteiger partial charge on any atom is -0.493 e. The van der Waals surface area contributed by atoms with Crippen LogP contribution in [0.15, 0.2) is 42.5 Å². The monoisotopic (exact) mass is 537 g/mol. The summed E-state index contributed by atoms with van der Waals surface area (Å²) in [5, 5.41) is 5.15. The number of hydrogen-bond donors (Lipinski definition) is 3. The summed E-state index contributed by atoms with van der Waals surface area (Å²) in [6.07, 6.45) is -4.99. The second kappa shape index (κ2) is 13.3. The molecule has 0 saturated heterocycles. The number of nitrogens with two attached hydrogens (primary N) is 1.